The van der Waals surface area contributed by atoms with Crippen LogP contribution in [0.25, 0.3) is 0 Å². The van der Waals surface area contributed by atoms with Crippen molar-refractivity contribution in [3.05, 3.63) is 29.8 Å². The average molecular weight is 261 g/mol. The molecule has 0 spiro atoms. The van der Waals surface area contributed by atoms with E-state index in [1.54, 1.807) is 0 Å². The van der Waals surface area contributed by atoms with E-state index >= 15 is 0 Å². The third-order valence-corrected chi connectivity index (χ3v) is 4.48. The molecule has 1 aromatic rings. The first-order valence-electron chi connectivity index (χ1n) is 7.01. The summed E-state index contributed by atoms with van der Waals surface area (Å²) in [7, 11) is 0. The highest BCUT2D eigenvalue weighted by Gasteiger charge is 2.43. The van der Waals surface area contributed by atoms with Crippen molar-refractivity contribution in [1.29, 1.82) is 0 Å². The summed E-state index contributed by atoms with van der Waals surface area (Å²) in [4.78, 5) is 11.8. The number of benzene rings is 1. The van der Waals surface area contributed by atoms with Gasteiger partial charge in [-0.1, -0.05) is 26.0 Å². The van der Waals surface area contributed by atoms with Crippen LogP contribution in [0.3, 0.4) is 0 Å². The number of rotatable bonds is 3. The van der Waals surface area contributed by atoms with E-state index < -0.39 is 11.5 Å². The number of nitrogens with one attached hydrogen (secondary N) is 1. The van der Waals surface area contributed by atoms with Crippen LogP contribution in [0.2, 0.25) is 0 Å². The molecule has 3 atom stereocenters. The average Bonchev–Trinajstić information content (AvgIpc) is 2.34. The number of aryl methyl sites for hydroxylation is 1. The molecule has 0 saturated heterocycles. The van der Waals surface area contributed by atoms with Crippen LogP contribution in [0.4, 0.5) is 5.69 Å². The highest BCUT2D eigenvalue weighted by molar-refractivity contribution is 5.83. The maximum absolute atomic E-state index is 11.8. The van der Waals surface area contributed by atoms with Gasteiger partial charge in [0, 0.05) is 5.69 Å². The Labute approximate surface area is 115 Å². The summed E-state index contributed by atoms with van der Waals surface area (Å²) in [6, 6.07) is 7.93. The molecule has 2 rings (SSSR count). The number of aliphatic carboxylic acids is 1. The first kappa shape index (κ1) is 13.9. The first-order valence-corrected chi connectivity index (χ1v) is 7.01. The van der Waals surface area contributed by atoms with Crippen molar-refractivity contribution in [2.45, 2.75) is 45.6 Å². The van der Waals surface area contributed by atoms with Crippen molar-refractivity contribution in [3.63, 3.8) is 0 Å². The maximum atomic E-state index is 11.8. The van der Waals surface area contributed by atoms with Gasteiger partial charge in [-0.15, -0.1) is 0 Å². The summed E-state index contributed by atoms with van der Waals surface area (Å²) in [6.45, 7) is 6.38. The SMILES string of the molecule is Cc1cccc(NC2(C(=O)O)CCC(C)C(C)C2)c1. The monoisotopic (exact) mass is 261 g/mol. The van der Waals surface area contributed by atoms with Gasteiger partial charge in [-0.25, -0.2) is 4.79 Å². The number of carbonyl (C=O) groups is 1. The minimum atomic E-state index is -0.806. The zero-order chi connectivity index (χ0) is 14.0. The van der Waals surface area contributed by atoms with Gasteiger partial charge in [-0.05, 0) is 55.7 Å². The molecule has 104 valence electrons. The molecule has 19 heavy (non-hydrogen) atoms. The molecule has 1 aliphatic rings. The van der Waals surface area contributed by atoms with Crippen LogP contribution in [0.1, 0.15) is 38.7 Å². The van der Waals surface area contributed by atoms with Crippen molar-refractivity contribution in [2.24, 2.45) is 11.8 Å². The fourth-order valence-corrected chi connectivity index (χ4v) is 2.97. The van der Waals surface area contributed by atoms with E-state index in [9.17, 15) is 9.90 Å². The van der Waals surface area contributed by atoms with Gasteiger partial charge in [0.1, 0.15) is 5.54 Å². The van der Waals surface area contributed by atoms with Crippen molar-refractivity contribution >= 4 is 11.7 Å². The van der Waals surface area contributed by atoms with Crippen molar-refractivity contribution in [3.8, 4) is 0 Å². The molecule has 0 amide bonds. The quantitative estimate of drug-likeness (QED) is 0.872. The minimum Gasteiger partial charge on any atom is -0.480 e. The van der Waals surface area contributed by atoms with Gasteiger partial charge in [0.05, 0.1) is 0 Å². The molecule has 1 aliphatic carbocycles. The lowest BCUT2D eigenvalue weighted by molar-refractivity contribution is -0.144. The zero-order valence-corrected chi connectivity index (χ0v) is 11.9. The lowest BCUT2D eigenvalue weighted by Gasteiger charge is -2.41. The number of carboxylic acid groups (broad SMARTS) is 1. The summed E-state index contributed by atoms with van der Waals surface area (Å²) >= 11 is 0. The molecular formula is C16H23NO2. The summed E-state index contributed by atoms with van der Waals surface area (Å²) in [5.74, 6) is 0.307. The summed E-state index contributed by atoms with van der Waals surface area (Å²) in [5.41, 5.74) is 1.24. The maximum Gasteiger partial charge on any atom is 0.329 e. The predicted molar refractivity (Wildman–Crippen MR) is 77.3 cm³/mol. The predicted octanol–water partition coefficient (Wildman–Crippen LogP) is 3.69. The van der Waals surface area contributed by atoms with Crippen LogP contribution in [0.15, 0.2) is 24.3 Å². The number of anilines is 1. The normalized spacial score (nSPS) is 30.9. The Kier molecular flexibility index (Phi) is 3.83. The lowest BCUT2D eigenvalue weighted by atomic mass is 9.71. The molecule has 0 heterocycles. The Morgan fingerprint density at radius 1 is 1.37 bits per heavy atom. The molecule has 3 unspecified atom stereocenters. The third kappa shape index (κ3) is 2.91. The van der Waals surface area contributed by atoms with E-state index in [0.717, 1.165) is 17.7 Å². The van der Waals surface area contributed by atoms with Crippen molar-refractivity contribution < 1.29 is 9.90 Å². The second kappa shape index (κ2) is 5.24. The molecule has 1 fully saturated rings. The van der Waals surface area contributed by atoms with Gasteiger partial charge < -0.3 is 10.4 Å². The van der Waals surface area contributed by atoms with E-state index in [1.807, 2.05) is 31.2 Å². The highest BCUT2D eigenvalue weighted by atomic mass is 16.4. The van der Waals surface area contributed by atoms with Crippen LogP contribution in [-0.4, -0.2) is 16.6 Å². The van der Waals surface area contributed by atoms with E-state index in [1.165, 1.54) is 0 Å². The van der Waals surface area contributed by atoms with Gasteiger partial charge in [0.15, 0.2) is 0 Å². The third-order valence-electron chi connectivity index (χ3n) is 4.48. The second-order valence-electron chi connectivity index (χ2n) is 6.08. The molecule has 3 nitrogen and oxygen atoms in total. The van der Waals surface area contributed by atoms with E-state index in [2.05, 4.69) is 19.2 Å². The summed E-state index contributed by atoms with van der Waals surface area (Å²) in [6.07, 6.45) is 2.35. The van der Waals surface area contributed by atoms with E-state index in [-0.39, 0.29) is 0 Å². The Hall–Kier alpha value is -1.51. The first-order chi connectivity index (χ1) is 8.93. The van der Waals surface area contributed by atoms with Gasteiger partial charge in [-0.2, -0.15) is 0 Å². The topological polar surface area (TPSA) is 49.3 Å². The smallest absolute Gasteiger partial charge is 0.329 e. The number of hydrogen-bond acceptors (Lipinski definition) is 2. The number of carboxylic acids is 1. The molecule has 3 heteroatoms. The number of hydrogen-bond donors (Lipinski definition) is 2. The molecule has 1 aromatic carbocycles. The van der Waals surface area contributed by atoms with Crippen LogP contribution < -0.4 is 5.32 Å². The Morgan fingerprint density at radius 3 is 2.68 bits per heavy atom. The van der Waals surface area contributed by atoms with Gasteiger partial charge in [0.25, 0.3) is 0 Å². The molecule has 0 aliphatic heterocycles. The van der Waals surface area contributed by atoms with Crippen molar-refractivity contribution in [2.75, 3.05) is 5.32 Å². The Balaban J connectivity index is 2.23. The molecule has 1 saturated carbocycles. The standard InChI is InChI=1S/C16H23NO2/c1-11-5-4-6-14(9-11)17-16(15(18)19)8-7-12(2)13(3)10-16/h4-6,9,12-13,17H,7-8,10H2,1-3H3,(H,18,19). The summed E-state index contributed by atoms with van der Waals surface area (Å²) in [5, 5.41) is 12.9. The van der Waals surface area contributed by atoms with Crippen LogP contribution in [0, 0.1) is 18.8 Å². The highest BCUT2D eigenvalue weighted by Crippen LogP contribution is 2.38. The zero-order valence-electron chi connectivity index (χ0n) is 11.9. The van der Waals surface area contributed by atoms with Gasteiger partial charge in [0.2, 0.25) is 0 Å². The molecule has 2 N–H and O–H groups in total. The second-order valence-corrected chi connectivity index (χ2v) is 6.08. The van der Waals surface area contributed by atoms with Crippen LogP contribution >= 0.6 is 0 Å². The van der Waals surface area contributed by atoms with Crippen LogP contribution in [-0.2, 0) is 4.79 Å². The molecule has 0 bridgehead atoms. The molecule has 0 aromatic heterocycles. The largest absolute Gasteiger partial charge is 0.480 e. The van der Waals surface area contributed by atoms with Crippen molar-refractivity contribution in [1.82, 2.24) is 0 Å². The fourth-order valence-electron chi connectivity index (χ4n) is 2.97. The minimum absolute atomic E-state index is 0.433. The molecular weight excluding hydrogens is 238 g/mol. The Morgan fingerprint density at radius 2 is 2.11 bits per heavy atom. The Bertz CT molecular complexity index is 472. The van der Waals surface area contributed by atoms with Gasteiger partial charge >= 0.3 is 5.97 Å². The molecule has 0 radical (unpaired) electrons. The summed E-state index contributed by atoms with van der Waals surface area (Å²) < 4.78 is 0. The fraction of sp³-hybridized carbons (Fsp3) is 0.562. The lowest BCUT2D eigenvalue weighted by Crippen LogP contribution is -2.51. The van der Waals surface area contributed by atoms with E-state index in [4.69, 9.17) is 0 Å². The van der Waals surface area contributed by atoms with Crippen LogP contribution in [0.5, 0.6) is 0 Å². The van der Waals surface area contributed by atoms with Gasteiger partial charge in [-0.3, -0.25) is 0 Å². The van der Waals surface area contributed by atoms with E-state index in [0.29, 0.717) is 24.7 Å².